The van der Waals surface area contributed by atoms with Crippen LogP contribution < -0.4 is 10.5 Å². The van der Waals surface area contributed by atoms with Crippen LogP contribution in [0.3, 0.4) is 0 Å². The van der Waals surface area contributed by atoms with Crippen LogP contribution in [0.15, 0.2) is 0 Å². The Balaban J connectivity index is 2.15. The summed E-state index contributed by atoms with van der Waals surface area (Å²) in [4.78, 5) is 0. The van der Waals surface area contributed by atoms with Gasteiger partial charge in [0.1, 0.15) is 0 Å². The fourth-order valence-corrected chi connectivity index (χ4v) is 3.37. The number of nitrogens with two attached hydrogens (primary N) is 1. The second-order valence-electron chi connectivity index (χ2n) is 4.94. The molecular formula is C12H27N3O4S. The highest BCUT2D eigenvalue weighted by Gasteiger charge is 2.26. The van der Waals surface area contributed by atoms with Gasteiger partial charge in [-0.25, -0.2) is 4.72 Å². The van der Waals surface area contributed by atoms with E-state index in [9.17, 15) is 8.42 Å². The van der Waals surface area contributed by atoms with Gasteiger partial charge in [0.05, 0.1) is 13.2 Å². The van der Waals surface area contributed by atoms with E-state index in [1.54, 1.807) is 7.11 Å². The van der Waals surface area contributed by atoms with Crippen LogP contribution in [0.5, 0.6) is 0 Å². The Bertz CT molecular complexity index is 343. The number of piperidine rings is 1. The molecule has 1 rings (SSSR count). The highest BCUT2D eigenvalue weighted by molar-refractivity contribution is 7.87. The Kier molecular flexibility index (Phi) is 8.58. The van der Waals surface area contributed by atoms with Crippen LogP contribution in [0.1, 0.15) is 19.3 Å². The summed E-state index contributed by atoms with van der Waals surface area (Å²) in [5.74, 6) is 0.454. The van der Waals surface area contributed by atoms with Crippen LogP contribution in [-0.4, -0.2) is 65.8 Å². The molecule has 0 aromatic heterocycles. The smallest absolute Gasteiger partial charge is 0.279 e. The first-order valence-corrected chi connectivity index (χ1v) is 8.55. The highest BCUT2D eigenvalue weighted by Crippen LogP contribution is 2.17. The molecule has 3 N–H and O–H groups in total. The molecule has 0 aromatic carbocycles. The second-order valence-corrected chi connectivity index (χ2v) is 6.69. The number of ether oxygens (including phenoxy) is 2. The highest BCUT2D eigenvalue weighted by atomic mass is 32.2. The maximum absolute atomic E-state index is 12.0. The molecule has 1 aliphatic rings. The van der Waals surface area contributed by atoms with Crippen molar-refractivity contribution >= 4 is 10.2 Å². The van der Waals surface area contributed by atoms with E-state index in [1.165, 1.54) is 4.31 Å². The van der Waals surface area contributed by atoms with E-state index < -0.39 is 10.2 Å². The molecule has 1 fully saturated rings. The number of methoxy groups -OCH3 is 1. The van der Waals surface area contributed by atoms with Gasteiger partial charge in [-0.15, -0.1) is 0 Å². The molecule has 0 aliphatic carbocycles. The first kappa shape index (κ1) is 17.8. The average molecular weight is 309 g/mol. The van der Waals surface area contributed by atoms with E-state index >= 15 is 0 Å². The second kappa shape index (κ2) is 9.64. The fourth-order valence-electron chi connectivity index (χ4n) is 2.10. The Labute approximate surface area is 122 Å². The average Bonchev–Trinajstić information content (AvgIpc) is 2.46. The van der Waals surface area contributed by atoms with Crippen molar-refractivity contribution in [2.45, 2.75) is 19.3 Å². The minimum atomic E-state index is -3.35. The zero-order chi connectivity index (χ0) is 14.8. The summed E-state index contributed by atoms with van der Waals surface area (Å²) in [6.07, 6.45) is 2.34. The first-order chi connectivity index (χ1) is 9.60. The van der Waals surface area contributed by atoms with Crippen molar-refractivity contribution < 1.29 is 17.9 Å². The van der Waals surface area contributed by atoms with Gasteiger partial charge in [-0.3, -0.25) is 0 Å². The molecule has 0 amide bonds. The van der Waals surface area contributed by atoms with E-state index in [0.29, 0.717) is 58.3 Å². The molecule has 120 valence electrons. The van der Waals surface area contributed by atoms with Crippen molar-refractivity contribution in [2.24, 2.45) is 11.7 Å². The standard InChI is InChI=1S/C12H27N3O4S/c1-18-9-10-19-8-2-5-14-20(16,17)15-6-3-12(11-13)4-7-15/h12,14H,2-11,13H2,1H3. The van der Waals surface area contributed by atoms with E-state index in [-0.39, 0.29) is 0 Å². The first-order valence-electron chi connectivity index (χ1n) is 7.11. The van der Waals surface area contributed by atoms with Gasteiger partial charge in [0.15, 0.2) is 0 Å². The third-order valence-electron chi connectivity index (χ3n) is 3.43. The van der Waals surface area contributed by atoms with Gasteiger partial charge in [-0.05, 0) is 31.7 Å². The van der Waals surface area contributed by atoms with Gasteiger partial charge in [0, 0.05) is 33.4 Å². The maximum atomic E-state index is 12.0. The lowest BCUT2D eigenvalue weighted by molar-refractivity contribution is 0.0699. The van der Waals surface area contributed by atoms with Crippen molar-refractivity contribution in [2.75, 3.05) is 53.1 Å². The molecule has 20 heavy (non-hydrogen) atoms. The topological polar surface area (TPSA) is 93.9 Å². The quantitative estimate of drug-likeness (QED) is 0.533. The number of rotatable bonds is 10. The summed E-state index contributed by atoms with van der Waals surface area (Å²) in [5.41, 5.74) is 5.60. The molecule has 1 heterocycles. The van der Waals surface area contributed by atoms with Crippen LogP contribution in [0, 0.1) is 5.92 Å². The lowest BCUT2D eigenvalue weighted by Crippen LogP contribution is -2.46. The minimum absolute atomic E-state index is 0.395. The lowest BCUT2D eigenvalue weighted by Gasteiger charge is -2.30. The number of nitrogens with zero attached hydrogens (tertiary/aromatic N) is 1. The molecule has 1 aliphatic heterocycles. The molecule has 0 saturated carbocycles. The summed E-state index contributed by atoms with van der Waals surface area (Å²) in [6.45, 7) is 3.77. The van der Waals surface area contributed by atoms with Crippen molar-refractivity contribution in [1.29, 1.82) is 0 Å². The SMILES string of the molecule is COCCOCCCNS(=O)(=O)N1CCC(CN)CC1. The summed E-state index contributed by atoms with van der Waals surface area (Å²) < 4.78 is 38.3. The van der Waals surface area contributed by atoms with Gasteiger partial charge < -0.3 is 15.2 Å². The van der Waals surface area contributed by atoms with Crippen LogP contribution in [0.4, 0.5) is 0 Å². The predicted molar refractivity (Wildman–Crippen MR) is 77.6 cm³/mol. The number of nitrogens with one attached hydrogen (secondary N) is 1. The van der Waals surface area contributed by atoms with E-state index in [2.05, 4.69) is 4.72 Å². The number of hydrogen-bond donors (Lipinski definition) is 2. The van der Waals surface area contributed by atoms with E-state index in [4.69, 9.17) is 15.2 Å². The molecule has 8 heteroatoms. The van der Waals surface area contributed by atoms with Crippen LogP contribution >= 0.6 is 0 Å². The van der Waals surface area contributed by atoms with E-state index in [0.717, 1.165) is 12.8 Å². The normalized spacial score (nSPS) is 18.5. The van der Waals surface area contributed by atoms with Crippen LogP contribution in [0.25, 0.3) is 0 Å². The monoisotopic (exact) mass is 309 g/mol. The Morgan fingerprint density at radius 2 is 1.95 bits per heavy atom. The zero-order valence-corrected chi connectivity index (χ0v) is 13.0. The third-order valence-corrected chi connectivity index (χ3v) is 5.04. The zero-order valence-electron chi connectivity index (χ0n) is 12.2. The maximum Gasteiger partial charge on any atom is 0.279 e. The van der Waals surface area contributed by atoms with Crippen molar-refractivity contribution in [1.82, 2.24) is 9.03 Å². The molecule has 0 radical (unpaired) electrons. The molecular weight excluding hydrogens is 282 g/mol. The van der Waals surface area contributed by atoms with Crippen molar-refractivity contribution in [3.63, 3.8) is 0 Å². The third kappa shape index (κ3) is 6.47. The molecule has 0 bridgehead atoms. The van der Waals surface area contributed by atoms with Crippen LogP contribution in [0.2, 0.25) is 0 Å². The van der Waals surface area contributed by atoms with Gasteiger partial charge in [0.2, 0.25) is 0 Å². The Morgan fingerprint density at radius 3 is 2.55 bits per heavy atom. The van der Waals surface area contributed by atoms with E-state index in [1.807, 2.05) is 0 Å². The van der Waals surface area contributed by atoms with Gasteiger partial charge in [-0.1, -0.05) is 0 Å². The molecule has 0 unspecified atom stereocenters. The molecule has 1 saturated heterocycles. The Morgan fingerprint density at radius 1 is 1.25 bits per heavy atom. The van der Waals surface area contributed by atoms with Crippen molar-refractivity contribution in [3.8, 4) is 0 Å². The summed E-state index contributed by atoms with van der Waals surface area (Å²) in [5, 5.41) is 0. The van der Waals surface area contributed by atoms with Gasteiger partial charge in [0.25, 0.3) is 10.2 Å². The fraction of sp³-hybridized carbons (Fsp3) is 1.00. The summed E-state index contributed by atoms with van der Waals surface area (Å²) in [6, 6.07) is 0. The van der Waals surface area contributed by atoms with Gasteiger partial charge in [-0.2, -0.15) is 12.7 Å². The minimum Gasteiger partial charge on any atom is -0.382 e. The molecule has 0 spiro atoms. The van der Waals surface area contributed by atoms with Gasteiger partial charge >= 0.3 is 0 Å². The summed E-state index contributed by atoms with van der Waals surface area (Å²) >= 11 is 0. The van der Waals surface area contributed by atoms with Crippen LogP contribution in [-0.2, 0) is 19.7 Å². The lowest BCUT2D eigenvalue weighted by atomic mass is 9.99. The molecule has 0 atom stereocenters. The Hall–Kier alpha value is -0.250. The largest absolute Gasteiger partial charge is 0.382 e. The number of hydrogen-bond acceptors (Lipinski definition) is 5. The predicted octanol–water partition coefficient (Wildman–Crippen LogP) is -0.455. The summed E-state index contributed by atoms with van der Waals surface area (Å²) in [7, 11) is -1.73. The van der Waals surface area contributed by atoms with Crippen molar-refractivity contribution in [3.05, 3.63) is 0 Å². The molecule has 7 nitrogen and oxygen atoms in total. The molecule has 0 aromatic rings.